The number of methoxy groups -OCH3 is 1. The molecule has 30 heavy (non-hydrogen) atoms. The largest absolute Gasteiger partial charge is 0.479 e. The number of aryl methyl sites for hydroxylation is 1. The van der Waals surface area contributed by atoms with E-state index in [9.17, 15) is 9.59 Å². The van der Waals surface area contributed by atoms with Crippen molar-refractivity contribution < 1.29 is 18.8 Å². The molecule has 4 rings (SSSR count). The number of carbonyl (C=O) groups excluding carboxylic acids is 2. The number of hydrogen-bond donors (Lipinski definition) is 1. The van der Waals surface area contributed by atoms with Crippen LogP contribution in [0.3, 0.4) is 0 Å². The Kier molecular flexibility index (Phi) is 5.51. The van der Waals surface area contributed by atoms with E-state index in [1.165, 1.54) is 18.0 Å². The molecule has 0 saturated carbocycles. The Balaban J connectivity index is 1.46. The number of carbonyl (C=O) groups is 2. The van der Waals surface area contributed by atoms with Crippen molar-refractivity contribution in [2.75, 3.05) is 19.4 Å². The summed E-state index contributed by atoms with van der Waals surface area (Å²) in [5.74, 6) is 0.935. The summed E-state index contributed by atoms with van der Waals surface area (Å²) in [6.45, 7) is 0.543. The third-order valence-electron chi connectivity index (χ3n) is 5.28. The zero-order chi connectivity index (χ0) is 21.1. The predicted molar refractivity (Wildman–Crippen MR) is 108 cm³/mol. The van der Waals surface area contributed by atoms with E-state index in [0.717, 1.165) is 12.1 Å². The molecular formula is C21H23N5O4. The van der Waals surface area contributed by atoms with Crippen LogP contribution in [0.2, 0.25) is 0 Å². The molecule has 0 radical (unpaired) electrons. The molecule has 0 unspecified atom stereocenters. The molecule has 0 aliphatic carbocycles. The maximum absolute atomic E-state index is 13.2. The van der Waals surface area contributed by atoms with Crippen LogP contribution in [0.1, 0.15) is 35.4 Å². The van der Waals surface area contributed by atoms with Gasteiger partial charge in [-0.25, -0.2) is 4.68 Å². The summed E-state index contributed by atoms with van der Waals surface area (Å²) in [6, 6.07) is 10.5. The summed E-state index contributed by atoms with van der Waals surface area (Å²) in [5.41, 5.74) is 7.33. The SMILES string of the molecule is COc1cc(CCC(=O)N2CCC[C@H]2C(=O)c2cnn(-c3ccccc3)c2N)on1. The van der Waals surface area contributed by atoms with Crippen molar-refractivity contribution in [1.29, 1.82) is 0 Å². The third kappa shape index (κ3) is 3.78. The lowest BCUT2D eigenvalue weighted by Gasteiger charge is -2.23. The number of amides is 1. The third-order valence-corrected chi connectivity index (χ3v) is 5.28. The number of hydrogen-bond acceptors (Lipinski definition) is 7. The van der Waals surface area contributed by atoms with Gasteiger partial charge in [0, 0.05) is 25.5 Å². The number of Topliss-reactive ketones (excluding diaryl/α,β-unsaturated/α-hetero) is 1. The monoisotopic (exact) mass is 409 g/mol. The Morgan fingerprint density at radius 3 is 2.83 bits per heavy atom. The molecule has 1 saturated heterocycles. The van der Waals surface area contributed by atoms with Gasteiger partial charge in [-0.3, -0.25) is 9.59 Å². The van der Waals surface area contributed by atoms with Crippen LogP contribution in [0, 0.1) is 0 Å². The molecule has 1 aliphatic rings. The topological polar surface area (TPSA) is 116 Å². The van der Waals surface area contributed by atoms with Gasteiger partial charge in [-0.05, 0) is 30.1 Å². The molecule has 1 aromatic carbocycles. The maximum atomic E-state index is 13.2. The molecule has 0 bridgehead atoms. The second-order valence-electron chi connectivity index (χ2n) is 7.14. The minimum absolute atomic E-state index is 0.102. The summed E-state index contributed by atoms with van der Waals surface area (Å²) in [6.07, 6.45) is 3.47. The number of para-hydroxylation sites is 1. The van der Waals surface area contributed by atoms with Crippen LogP contribution in [0.5, 0.6) is 5.88 Å². The van der Waals surface area contributed by atoms with E-state index in [-0.39, 0.29) is 23.9 Å². The van der Waals surface area contributed by atoms with Gasteiger partial charge in [0.05, 0.1) is 30.6 Å². The summed E-state index contributed by atoms with van der Waals surface area (Å²) in [4.78, 5) is 27.6. The lowest BCUT2D eigenvalue weighted by molar-refractivity contribution is -0.131. The van der Waals surface area contributed by atoms with Gasteiger partial charge in [0.1, 0.15) is 11.6 Å². The second-order valence-corrected chi connectivity index (χ2v) is 7.14. The zero-order valence-corrected chi connectivity index (χ0v) is 16.7. The maximum Gasteiger partial charge on any atom is 0.254 e. The van der Waals surface area contributed by atoms with Crippen molar-refractivity contribution in [2.24, 2.45) is 0 Å². The number of benzene rings is 1. The molecule has 9 nitrogen and oxygen atoms in total. The first-order chi connectivity index (χ1) is 14.6. The summed E-state index contributed by atoms with van der Waals surface area (Å²) in [7, 11) is 1.50. The number of aromatic nitrogens is 3. The Hall–Kier alpha value is -3.62. The fourth-order valence-electron chi connectivity index (χ4n) is 3.72. The molecule has 3 aromatic rings. The standard InChI is InChI=1S/C21H23N5O4/c1-29-18-12-15(30-24-18)9-10-19(27)25-11-5-8-17(25)20(28)16-13-23-26(21(16)22)14-6-3-2-4-7-14/h2-4,6-7,12-13,17H,5,8-11,22H2,1H3/t17-/m0/s1. The molecule has 2 aromatic heterocycles. The van der Waals surface area contributed by atoms with Crippen molar-refractivity contribution in [2.45, 2.75) is 31.7 Å². The molecule has 156 valence electrons. The zero-order valence-electron chi connectivity index (χ0n) is 16.7. The predicted octanol–water partition coefficient (Wildman–Crippen LogP) is 2.26. The molecule has 3 heterocycles. The number of nitrogens with two attached hydrogens (primary N) is 1. The molecule has 1 atom stereocenters. The molecule has 0 spiro atoms. The van der Waals surface area contributed by atoms with Crippen LogP contribution in [0.25, 0.3) is 5.69 Å². The molecule has 2 N–H and O–H groups in total. The number of anilines is 1. The van der Waals surface area contributed by atoms with Gasteiger partial charge in [0.2, 0.25) is 5.91 Å². The van der Waals surface area contributed by atoms with E-state index in [1.54, 1.807) is 11.0 Å². The van der Waals surface area contributed by atoms with Gasteiger partial charge >= 0.3 is 0 Å². The number of likely N-dealkylation sites (tertiary alicyclic amines) is 1. The van der Waals surface area contributed by atoms with Crippen LogP contribution in [0.15, 0.2) is 47.1 Å². The highest BCUT2D eigenvalue weighted by atomic mass is 16.5. The highest BCUT2D eigenvalue weighted by Gasteiger charge is 2.36. The summed E-state index contributed by atoms with van der Waals surface area (Å²) in [5, 5.41) is 8.00. The Morgan fingerprint density at radius 1 is 1.30 bits per heavy atom. The fraction of sp³-hybridized carbons (Fsp3) is 0.333. The van der Waals surface area contributed by atoms with Gasteiger partial charge in [0.25, 0.3) is 5.88 Å². The van der Waals surface area contributed by atoms with Crippen LogP contribution in [0.4, 0.5) is 5.82 Å². The Bertz CT molecular complexity index is 1040. The summed E-state index contributed by atoms with van der Waals surface area (Å²) < 4.78 is 11.6. The Labute approximate surface area is 173 Å². The van der Waals surface area contributed by atoms with E-state index in [1.807, 2.05) is 30.3 Å². The number of nitrogen functional groups attached to an aromatic ring is 1. The highest BCUT2D eigenvalue weighted by molar-refractivity contribution is 6.05. The van der Waals surface area contributed by atoms with Gasteiger partial charge < -0.3 is 19.9 Å². The number of nitrogens with zero attached hydrogens (tertiary/aromatic N) is 4. The van der Waals surface area contributed by atoms with Gasteiger partial charge in [-0.15, -0.1) is 0 Å². The van der Waals surface area contributed by atoms with E-state index >= 15 is 0 Å². The van der Waals surface area contributed by atoms with E-state index in [4.69, 9.17) is 15.0 Å². The fourth-order valence-corrected chi connectivity index (χ4v) is 3.72. The van der Waals surface area contributed by atoms with Crippen LogP contribution in [-0.2, 0) is 11.2 Å². The molecule has 1 amide bonds. The lowest BCUT2D eigenvalue weighted by Crippen LogP contribution is -2.40. The van der Waals surface area contributed by atoms with Crippen molar-refractivity contribution in [1.82, 2.24) is 19.8 Å². The van der Waals surface area contributed by atoms with Gasteiger partial charge in [0.15, 0.2) is 5.78 Å². The van der Waals surface area contributed by atoms with Crippen molar-refractivity contribution in [3.05, 3.63) is 53.9 Å². The molecule has 1 aliphatic heterocycles. The molecular weight excluding hydrogens is 386 g/mol. The smallest absolute Gasteiger partial charge is 0.254 e. The normalized spacial score (nSPS) is 16.0. The first-order valence-corrected chi connectivity index (χ1v) is 9.80. The van der Waals surface area contributed by atoms with E-state index < -0.39 is 6.04 Å². The van der Waals surface area contributed by atoms with Crippen molar-refractivity contribution in [3.63, 3.8) is 0 Å². The highest BCUT2D eigenvalue weighted by Crippen LogP contribution is 2.26. The lowest BCUT2D eigenvalue weighted by atomic mass is 10.0. The number of rotatable bonds is 7. The van der Waals surface area contributed by atoms with Crippen LogP contribution in [-0.4, -0.2) is 51.2 Å². The van der Waals surface area contributed by atoms with Crippen molar-refractivity contribution >= 4 is 17.5 Å². The number of ether oxygens (including phenoxy) is 1. The van der Waals surface area contributed by atoms with Crippen LogP contribution >= 0.6 is 0 Å². The van der Waals surface area contributed by atoms with Crippen molar-refractivity contribution in [3.8, 4) is 11.6 Å². The second kappa shape index (κ2) is 8.40. The minimum atomic E-state index is -0.530. The quantitative estimate of drug-likeness (QED) is 0.595. The Morgan fingerprint density at radius 2 is 2.10 bits per heavy atom. The molecule has 1 fully saturated rings. The van der Waals surface area contributed by atoms with Crippen LogP contribution < -0.4 is 10.5 Å². The minimum Gasteiger partial charge on any atom is -0.479 e. The first-order valence-electron chi connectivity index (χ1n) is 9.80. The van der Waals surface area contributed by atoms with Gasteiger partial charge in [-0.1, -0.05) is 18.2 Å². The average Bonchev–Trinajstić information content (AvgIpc) is 3.51. The average molecular weight is 409 g/mol. The van der Waals surface area contributed by atoms with E-state index in [0.29, 0.717) is 36.6 Å². The number of ketones is 1. The summed E-state index contributed by atoms with van der Waals surface area (Å²) >= 11 is 0. The van der Waals surface area contributed by atoms with E-state index in [2.05, 4.69) is 10.3 Å². The molecule has 9 heteroatoms. The first kappa shape index (κ1) is 19.7. The van der Waals surface area contributed by atoms with Gasteiger partial charge in [-0.2, -0.15) is 5.10 Å².